The Labute approximate surface area is 154 Å². The van der Waals surface area contributed by atoms with Crippen molar-refractivity contribution in [2.45, 2.75) is 51.1 Å². The normalized spacial score (nSPS) is 16.8. The molecule has 4 nitrogen and oxygen atoms in total. The number of carbonyl (C=O) groups excluding carboxylic acids is 1. The van der Waals surface area contributed by atoms with Gasteiger partial charge in [0, 0.05) is 6.54 Å². The van der Waals surface area contributed by atoms with Crippen LogP contribution in [-0.2, 0) is 16.8 Å². The number of carbonyl (C=O) groups is 1. The molecule has 0 bridgehead atoms. The maximum absolute atomic E-state index is 13.2. The second kappa shape index (κ2) is 6.60. The van der Waals surface area contributed by atoms with Crippen molar-refractivity contribution in [1.29, 1.82) is 0 Å². The minimum absolute atomic E-state index is 0.122. The molecule has 2 aromatic carbocycles. The van der Waals surface area contributed by atoms with Gasteiger partial charge in [-0.3, -0.25) is 4.79 Å². The van der Waals surface area contributed by atoms with E-state index in [-0.39, 0.29) is 17.4 Å². The van der Waals surface area contributed by atoms with Crippen molar-refractivity contribution < 1.29 is 4.79 Å². The molecule has 1 fully saturated rings. The number of aromatic nitrogens is 2. The van der Waals surface area contributed by atoms with Crippen LogP contribution in [0.1, 0.15) is 50.5 Å². The van der Waals surface area contributed by atoms with E-state index < -0.39 is 0 Å². The lowest BCUT2D eigenvalue weighted by atomic mass is 9.63. The number of para-hydroxylation sites is 2. The number of imidazole rings is 1. The Morgan fingerprint density at radius 1 is 1.15 bits per heavy atom. The van der Waals surface area contributed by atoms with Gasteiger partial charge in [-0.15, -0.1) is 0 Å². The standard InChI is InChI=1S/C22H25N3O/c1-3-25-19-13-8-7-12-18(19)24-20(25)16(2)23-21(26)22(14-9-15-22)17-10-5-4-6-11-17/h4-8,10-13,16H,3,9,14-15H2,1-2H3,(H,23,26). The van der Waals surface area contributed by atoms with Gasteiger partial charge in [0.25, 0.3) is 0 Å². The first-order valence-corrected chi connectivity index (χ1v) is 9.47. The highest BCUT2D eigenvalue weighted by Gasteiger charge is 2.46. The number of aryl methyl sites for hydroxylation is 1. The van der Waals surface area contributed by atoms with Crippen LogP contribution in [0.2, 0.25) is 0 Å². The quantitative estimate of drug-likeness (QED) is 0.745. The van der Waals surface area contributed by atoms with E-state index in [1.165, 1.54) is 0 Å². The average molecular weight is 347 g/mol. The van der Waals surface area contributed by atoms with Crippen LogP contribution in [-0.4, -0.2) is 15.5 Å². The lowest BCUT2D eigenvalue weighted by Crippen LogP contribution is -2.50. The smallest absolute Gasteiger partial charge is 0.231 e. The molecule has 0 radical (unpaired) electrons. The Morgan fingerprint density at radius 3 is 2.50 bits per heavy atom. The minimum Gasteiger partial charge on any atom is -0.346 e. The van der Waals surface area contributed by atoms with E-state index >= 15 is 0 Å². The molecule has 0 saturated heterocycles. The van der Waals surface area contributed by atoms with E-state index in [2.05, 4.69) is 35.0 Å². The Morgan fingerprint density at radius 2 is 1.85 bits per heavy atom. The summed E-state index contributed by atoms with van der Waals surface area (Å²) in [7, 11) is 0. The molecule has 1 aliphatic rings. The van der Waals surface area contributed by atoms with Gasteiger partial charge in [-0.1, -0.05) is 48.9 Å². The van der Waals surface area contributed by atoms with Crippen LogP contribution in [0.3, 0.4) is 0 Å². The topological polar surface area (TPSA) is 46.9 Å². The number of benzene rings is 2. The summed E-state index contributed by atoms with van der Waals surface area (Å²) < 4.78 is 2.19. The Bertz CT molecular complexity index is 925. The van der Waals surface area contributed by atoms with Gasteiger partial charge in [0.1, 0.15) is 5.82 Å². The van der Waals surface area contributed by atoms with E-state index in [1.54, 1.807) is 0 Å². The second-order valence-electron chi connectivity index (χ2n) is 7.20. The van der Waals surface area contributed by atoms with Gasteiger partial charge in [-0.2, -0.15) is 0 Å². The monoisotopic (exact) mass is 347 g/mol. The van der Waals surface area contributed by atoms with Gasteiger partial charge in [-0.25, -0.2) is 4.98 Å². The lowest BCUT2D eigenvalue weighted by Gasteiger charge is -2.41. The summed E-state index contributed by atoms with van der Waals surface area (Å²) in [6.45, 7) is 4.98. The van der Waals surface area contributed by atoms with Crippen molar-refractivity contribution in [3.63, 3.8) is 0 Å². The van der Waals surface area contributed by atoms with Gasteiger partial charge >= 0.3 is 0 Å². The molecule has 1 amide bonds. The molecule has 0 spiro atoms. The molecule has 4 rings (SSSR count). The number of amides is 1. The highest BCUT2D eigenvalue weighted by atomic mass is 16.2. The van der Waals surface area contributed by atoms with Crippen LogP contribution in [0, 0.1) is 0 Å². The molecule has 1 heterocycles. The van der Waals surface area contributed by atoms with Gasteiger partial charge in [-0.05, 0) is 44.4 Å². The first-order valence-electron chi connectivity index (χ1n) is 9.47. The largest absolute Gasteiger partial charge is 0.346 e. The van der Waals surface area contributed by atoms with E-state index in [1.807, 2.05) is 43.3 Å². The summed E-state index contributed by atoms with van der Waals surface area (Å²) in [4.78, 5) is 18.0. The van der Waals surface area contributed by atoms with E-state index in [0.29, 0.717) is 0 Å². The summed E-state index contributed by atoms with van der Waals surface area (Å²) >= 11 is 0. The fraction of sp³-hybridized carbons (Fsp3) is 0.364. The maximum atomic E-state index is 13.2. The molecule has 26 heavy (non-hydrogen) atoms. The SMILES string of the molecule is CCn1c(C(C)NC(=O)C2(c3ccccc3)CCC2)nc2ccccc21. The lowest BCUT2D eigenvalue weighted by molar-refractivity contribution is -0.130. The second-order valence-corrected chi connectivity index (χ2v) is 7.20. The summed E-state index contributed by atoms with van der Waals surface area (Å²) in [6, 6.07) is 18.2. The molecule has 1 atom stereocenters. The maximum Gasteiger partial charge on any atom is 0.231 e. The molecular formula is C22H25N3O. The first-order chi connectivity index (χ1) is 12.7. The number of nitrogens with zero attached hydrogens (tertiary/aromatic N) is 2. The van der Waals surface area contributed by atoms with Gasteiger partial charge in [0.2, 0.25) is 5.91 Å². The summed E-state index contributed by atoms with van der Waals surface area (Å²) in [6.07, 6.45) is 2.93. The summed E-state index contributed by atoms with van der Waals surface area (Å²) in [5.41, 5.74) is 2.85. The predicted molar refractivity (Wildman–Crippen MR) is 104 cm³/mol. The Balaban J connectivity index is 1.62. The molecule has 1 aliphatic carbocycles. The van der Waals surface area contributed by atoms with Crippen LogP contribution in [0.5, 0.6) is 0 Å². The highest BCUT2D eigenvalue weighted by molar-refractivity contribution is 5.89. The van der Waals surface area contributed by atoms with Crippen molar-refractivity contribution >= 4 is 16.9 Å². The Kier molecular flexibility index (Phi) is 4.27. The van der Waals surface area contributed by atoms with Crippen molar-refractivity contribution in [2.24, 2.45) is 0 Å². The molecular weight excluding hydrogens is 322 g/mol. The summed E-state index contributed by atoms with van der Waals surface area (Å²) in [5.74, 6) is 1.04. The zero-order valence-electron chi connectivity index (χ0n) is 15.4. The fourth-order valence-electron chi connectivity index (χ4n) is 4.09. The average Bonchev–Trinajstić information content (AvgIpc) is 3.00. The number of fused-ring (bicyclic) bond motifs is 1. The molecule has 1 aromatic heterocycles. The van der Waals surface area contributed by atoms with E-state index in [9.17, 15) is 4.79 Å². The van der Waals surface area contributed by atoms with Gasteiger partial charge in [0.15, 0.2) is 0 Å². The fourth-order valence-corrected chi connectivity index (χ4v) is 4.09. The molecule has 3 aromatic rings. The minimum atomic E-state index is -0.376. The van der Waals surface area contributed by atoms with Crippen molar-refractivity contribution in [3.8, 4) is 0 Å². The summed E-state index contributed by atoms with van der Waals surface area (Å²) in [5, 5.41) is 3.25. The number of nitrogens with one attached hydrogen (secondary N) is 1. The molecule has 1 saturated carbocycles. The Hall–Kier alpha value is -2.62. The highest BCUT2D eigenvalue weighted by Crippen LogP contribution is 2.44. The van der Waals surface area contributed by atoms with Crippen LogP contribution in [0.4, 0.5) is 0 Å². The van der Waals surface area contributed by atoms with Crippen molar-refractivity contribution in [2.75, 3.05) is 0 Å². The van der Waals surface area contributed by atoms with Crippen LogP contribution in [0.25, 0.3) is 11.0 Å². The zero-order valence-corrected chi connectivity index (χ0v) is 15.4. The molecule has 1 N–H and O–H groups in total. The van der Waals surface area contributed by atoms with E-state index in [0.717, 1.165) is 48.2 Å². The van der Waals surface area contributed by atoms with Crippen LogP contribution < -0.4 is 5.32 Å². The molecule has 1 unspecified atom stereocenters. The predicted octanol–water partition coefficient (Wildman–Crippen LogP) is 4.36. The van der Waals surface area contributed by atoms with Gasteiger partial charge < -0.3 is 9.88 Å². The number of hydrogen-bond acceptors (Lipinski definition) is 2. The first kappa shape index (κ1) is 16.8. The number of hydrogen-bond donors (Lipinski definition) is 1. The third-order valence-electron chi connectivity index (χ3n) is 5.70. The van der Waals surface area contributed by atoms with E-state index in [4.69, 9.17) is 4.98 Å². The molecule has 134 valence electrons. The van der Waals surface area contributed by atoms with Crippen molar-refractivity contribution in [1.82, 2.24) is 14.9 Å². The van der Waals surface area contributed by atoms with Crippen LogP contribution >= 0.6 is 0 Å². The third-order valence-corrected chi connectivity index (χ3v) is 5.70. The third kappa shape index (κ3) is 2.61. The van der Waals surface area contributed by atoms with Gasteiger partial charge in [0.05, 0.1) is 22.5 Å². The van der Waals surface area contributed by atoms with Crippen molar-refractivity contribution in [3.05, 3.63) is 66.0 Å². The molecule has 0 aliphatic heterocycles. The molecule has 4 heteroatoms. The number of rotatable bonds is 5. The zero-order chi connectivity index (χ0) is 18.1. The van der Waals surface area contributed by atoms with Crippen LogP contribution in [0.15, 0.2) is 54.6 Å².